The van der Waals surface area contributed by atoms with Crippen molar-refractivity contribution in [2.24, 2.45) is 0 Å². The van der Waals surface area contributed by atoms with Crippen LogP contribution >= 0.6 is 23.2 Å². The standard InChI is InChI=1S/C12H9Cl2NO3/c1-17-9-5-8(12(16)18-2)15-11-7(14)4-3-6(13)10(9)11/h3-5H,1-2H3. The number of hydrogen-bond acceptors (Lipinski definition) is 4. The third-order valence-corrected chi connectivity index (χ3v) is 3.06. The van der Waals surface area contributed by atoms with Crippen molar-refractivity contribution in [2.75, 3.05) is 14.2 Å². The Balaban J connectivity index is 2.83. The summed E-state index contributed by atoms with van der Waals surface area (Å²) in [5, 5.41) is 1.41. The maximum atomic E-state index is 11.5. The molecule has 0 unspecified atom stereocenters. The average Bonchev–Trinajstić information content (AvgIpc) is 2.40. The van der Waals surface area contributed by atoms with Gasteiger partial charge in [0.05, 0.1) is 35.2 Å². The molecule has 0 aliphatic rings. The summed E-state index contributed by atoms with van der Waals surface area (Å²) in [6.45, 7) is 0. The highest BCUT2D eigenvalue weighted by atomic mass is 35.5. The van der Waals surface area contributed by atoms with Crippen LogP contribution in [-0.2, 0) is 4.74 Å². The minimum Gasteiger partial charge on any atom is -0.496 e. The van der Waals surface area contributed by atoms with Crippen LogP contribution in [-0.4, -0.2) is 25.2 Å². The third-order valence-electron chi connectivity index (χ3n) is 2.44. The Morgan fingerprint density at radius 2 is 1.89 bits per heavy atom. The van der Waals surface area contributed by atoms with E-state index in [4.69, 9.17) is 27.9 Å². The maximum absolute atomic E-state index is 11.5. The van der Waals surface area contributed by atoms with E-state index < -0.39 is 5.97 Å². The first kappa shape index (κ1) is 12.9. The molecule has 0 radical (unpaired) electrons. The van der Waals surface area contributed by atoms with Crippen LogP contribution in [0.4, 0.5) is 0 Å². The Hall–Kier alpha value is -1.52. The number of benzene rings is 1. The van der Waals surface area contributed by atoms with Crippen LogP contribution in [0, 0.1) is 0 Å². The van der Waals surface area contributed by atoms with Crippen molar-refractivity contribution in [3.05, 3.63) is 33.9 Å². The SMILES string of the molecule is COC(=O)c1cc(OC)c2c(Cl)ccc(Cl)c2n1. The Labute approximate surface area is 113 Å². The molecule has 0 aliphatic carbocycles. The first-order chi connectivity index (χ1) is 8.58. The Morgan fingerprint density at radius 1 is 1.22 bits per heavy atom. The van der Waals surface area contributed by atoms with E-state index in [1.54, 1.807) is 12.1 Å². The van der Waals surface area contributed by atoms with E-state index in [-0.39, 0.29) is 5.69 Å². The Kier molecular flexibility index (Phi) is 3.59. The van der Waals surface area contributed by atoms with Crippen LogP contribution in [0.15, 0.2) is 18.2 Å². The van der Waals surface area contributed by atoms with Gasteiger partial charge in [0.2, 0.25) is 0 Å². The molecule has 1 heterocycles. The molecular formula is C12H9Cl2NO3. The van der Waals surface area contributed by atoms with E-state index in [9.17, 15) is 4.79 Å². The van der Waals surface area contributed by atoms with Gasteiger partial charge in [0.25, 0.3) is 0 Å². The number of nitrogens with zero attached hydrogens (tertiary/aromatic N) is 1. The highest BCUT2D eigenvalue weighted by molar-refractivity contribution is 6.40. The number of esters is 1. The lowest BCUT2D eigenvalue weighted by molar-refractivity contribution is 0.0594. The quantitative estimate of drug-likeness (QED) is 0.794. The number of methoxy groups -OCH3 is 2. The van der Waals surface area contributed by atoms with Gasteiger partial charge < -0.3 is 9.47 Å². The number of pyridine rings is 1. The topological polar surface area (TPSA) is 48.4 Å². The van der Waals surface area contributed by atoms with Gasteiger partial charge in [-0.25, -0.2) is 9.78 Å². The lowest BCUT2D eigenvalue weighted by Crippen LogP contribution is -2.05. The van der Waals surface area contributed by atoms with Gasteiger partial charge in [-0.1, -0.05) is 23.2 Å². The summed E-state index contributed by atoms with van der Waals surface area (Å²) >= 11 is 12.1. The lowest BCUT2D eigenvalue weighted by atomic mass is 10.1. The van der Waals surface area contributed by atoms with E-state index in [1.165, 1.54) is 20.3 Å². The van der Waals surface area contributed by atoms with Crippen molar-refractivity contribution in [1.82, 2.24) is 4.98 Å². The minimum absolute atomic E-state index is 0.117. The van der Waals surface area contributed by atoms with Crippen molar-refractivity contribution < 1.29 is 14.3 Å². The van der Waals surface area contributed by atoms with E-state index in [0.717, 1.165) is 0 Å². The minimum atomic E-state index is -0.564. The maximum Gasteiger partial charge on any atom is 0.356 e. The first-order valence-corrected chi connectivity index (χ1v) is 5.75. The van der Waals surface area contributed by atoms with Crippen LogP contribution < -0.4 is 4.74 Å². The van der Waals surface area contributed by atoms with E-state index in [1.807, 2.05) is 0 Å². The molecule has 2 rings (SSSR count). The van der Waals surface area contributed by atoms with Gasteiger partial charge >= 0.3 is 5.97 Å². The lowest BCUT2D eigenvalue weighted by Gasteiger charge is -2.09. The molecule has 0 N–H and O–H groups in total. The van der Waals surface area contributed by atoms with Gasteiger partial charge in [0.15, 0.2) is 5.69 Å². The summed E-state index contributed by atoms with van der Waals surface area (Å²) in [6.07, 6.45) is 0. The predicted molar refractivity (Wildman–Crippen MR) is 69.7 cm³/mol. The molecule has 18 heavy (non-hydrogen) atoms. The van der Waals surface area contributed by atoms with Crippen molar-refractivity contribution in [3.63, 3.8) is 0 Å². The molecule has 0 aliphatic heterocycles. The monoisotopic (exact) mass is 285 g/mol. The number of aromatic nitrogens is 1. The summed E-state index contributed by atoms with van der Waals surface area (Å²) in [4.78, 5) is 15.6. The van der Waals surface area contributed by atoms with Crippen molar-refractivity contribution in [1.29, 1.82) is 0 Å². The molecule has 1 aromatic carbocycles. The molecule has 0 saturated heterocycles. The molecule has 2 aromatic rings. The summed E-state index contributed by atoms with van der Waals surface area (Å²) in [5.74, 6) is -0.140. The third kappa shape index (κ3) is 2.09. The zero-order valence-electron chi connectivity index (χ0n) is 9.66. The van der Waals surface area contributed by atoms with Crippen molar-refractivity contribution in [2.45, 2.75) is 0 Å². The van der Waals surface area contributed by atoms with Crippen LogP contribution in [0.5, 0.6) is 5.75 Å². The van der Waals surface area contributed by atoms with E-state index in [2.05, 4.69) is 9.72 Å². The molecule has 0 bridgehead atoms. The fourth-order valence-corrected chi connectivity index (χ4v) is 2.05. The summed E-state index contributed by atoms with van der Waals surface area (Å²) in [6, 6.07) is 4.73. The fourth-order valence-electron chi connectivity index (χ4n) is 1.60. The number of carbonyl (C=O) groups is 1. The molecule has 4 nitrogen and oxygen atoms in total. The highest BCUT2D eigenvalue weighted by Gasteiger charge is 2.16. The smallest absolute Gasteiger partial charge is 0.356 e. The molecule has 0 atom stereocenters. The molecule has 0 saturated carbocycles. The molecule has 0 amide bonds. The molecule has 6 heteroatoms. The van der Waals surface area contributed by atoms with Gasteiger partial charge in [-0.3, -0.25) is 0 Å². The molecule has 1 aromatic heterocycles. The molecule has 0 spiro atoms. The summed E-state index contributed by atoms with van der Waals surface area (Å²) < 4.78 is 9.83. The van der Waals surface area contributed by atoms with Crippen molar-refractivity contribution in [3.8, 4) is 5.75 Å². The Morgan fingerprint density at radius 3 is 2.50 bits per heavy atom. The number of halogens is 2. The van der Waals surface area contributed by atoms with Gasteiger partial charge in [0.1, 0.15) is 5.75 Å². The second kappa shape index (κ2) is 5.00. The van der Waals surface area contributed by atoms with E-state index >= 15 is 0 Å². The fraction of sp³-hybridized carbons (Fsp3) is 0.167. The molecular weight excluding hydrogens is 277 g/mol. The summed E-state index contributed by atoms with van der Waals surface area (Å²) in [5.41, 5.74) is 0.523. The van der Waals surface area contributed by atoms with Crippen LogP contribution in [0.2, 0.25) is 10.0 Å². The van der Waals surface area contributed by atoms with Crippen molar-refractivity contribution >= 4 is 40.1 Å². The molecule has 0 fully saturated rings. The molecule has 94 valence electrons. The number of hydrogen-bond donors (Lipinski definition) is 0. The summed E-state index contributed by atoms with van der Waals surface area (Å²) in [7, 11) is 2.76. The highest BCUT2D eigenvalue weighted by Crippen LogP contribution is 2.35. The second-order valence-corrected chi connectivity index (χ2v) is 4.27. The number of carbonyl (C=O) groups excluding carboxylic acids is 1. The normalized spacial score (nSPS) is 10.4. The van der Waals surface area contributed by atoms with Gasteiger partial charge in [-0.2, -0.15) is 0 Å². The van der Waals surface area contributed by atoms with Crippen LogP contribution in [0.1, 0.15) is 10.5 Å². The Bertz CT molecular complexity index is 628. The largest absolute Gasteiger partial charge is 0.496 e. The van der Waals surface area contributed by atoms with E-state index in [0.29, 0.717) is 26.7 Å². The predicted octanol–water partition coefficient (Wildman–Crippen LogP) is 3.34. The van der Waals surface area contributed by atoms with Crippen LogP contribution in [0.3, 0.4) is 0 Å². The van der Waals surface area contributed by atoms with Crippen LogP contribution in [0.25, 0.3) is 10.9 Å². The average molecular weight is 286 g/mol. The number of fused-ring (bicyclic) bond motifs is 1. The van der Waals surface area contributed by atoms with Gasteiger partial charge in [-0.15, -0.1) is 0 Å². The first-order valence-electron chi connectivity index (χ1n) is 4.99. The number of rotatable bonds is 2. The number of ether oxygens (including phenoxy) is 2. The second-order valence-electron chi connectivity index (χ2n) is 3.45. The van der Waals surface area contributed by atoms with Gasteiger partial charge in [-0.05, 0) is 12.1 Å². The zero-order valence-corrected chi connectivity index (χ0v) is 11.2. The van der Waals surface area contributed by atoms with Gasteiger partial charge in [0, 0.05) is 6.07 Å². The zero-order chi connectivity index (χ0) is 13.3.